The summed E-state index contributed by atoms with van der Waals surface area (Å²) in [6, 6.07) is 27.9. The summed E-state index contributed by atoms with van der Waals surface area (Å²) in [5, 5.41) is 14.1. The monoisotopic (exact) mass is 1230 g/mol. The second-order valence-corrected chi connectivity index (χ2v) is 23.5. The van der Waals surface area contributed by atoms with Gasteiger partial charge in [-0.2, -0.15) is 0 Å². The maximum Gasteiger partial charge on any atom is 0.409 e. The van der Waals surface area contributed by atoms with Crippen LogP contribution in [0.25, 0.3) is 16.7 Å². The van der Waals surface area contributed by atoms with Gasteiger partial charge in [-0.15, -0.1) is 0 Å². The zero-order valence-electron chi connectivity index (χ0n) is 47.6. The Hall–Kier alpha value is -6.61. The van der Waals surface area contributed by atoms with E-state index in [1.165, 1.54) is 54.8 Å². The van der Waals surface area contributed by atoms with Crippen molar-refractivity contribution in [3.63, 3.8) is 0 Å². The van der Waals surface area contributed by atoms with E-state index in [0.29, 0.717) is 64.2 Å². The zero-order chi connectivity index (χ0) is 59.0. The lowest BCUT2D eigenvalue weighted by molar-refractivity contribution is -0.906. The Labute approximate surface area is 516 Å². The van der Waals surface area contributed by atoms with Crippen molar-refractivity contribution in [3.8, 4) is 0 Å². The van der Waals surface area contributed by atoms with Gasteiger partial charge in [0.25, 0.3) is 5.69 Å². The van der Waals surface area contributed by atoms with Crippen LogP contribution in [0.5, 0.6) is 0 Å². The molecule has 6 aromatic rings. The molecule has 0 spiro atoms. The lowest BCUT2D eigenvalue weighted by Gasteiger charge is -2.29. The minimum Gasteiger partial charge on any atom is -0.450 e. The number of hydrogen-bond acceptors (Lipinski definition) is 9. The number of halogens is 5. The SMILES string of the molecule is CCOC(=O)N1CCC(=C2c3ccc(Cl)cc3CCc3c(Cl)ccnc32)CC1.CCOC(=O)N1CCC(=C2c3ccc(Cl)cc3CCc3ccc(Cl)nc32)CC1.CCOC(=O)N1CCC(=C2c3ccc(Cl)cc3CCc3ccc[n+](O)c32)CC1. The zero-order valence-corrected chi connectivity index (χ0v) is 51.3. The van der Waals surface area contributed by atoms with Crippen LogP contribution < -0.4 is 4.73 Å². The Morgan fingerprint density at radius 1 is 0.488 bits per heavy atom. The average Bonchev–Trinajstić information content (AvgIpc) is 4.03. The number of carbonyl (C=O) groups is 3. The molecule has 3 saturated heterocycles. The van der Waals surface area contributed by atoms with Crippen molar-refractivity contribution in [2.45, 2.75) is 97.8 Å². The van der Waals surface area contributed by atoms with E-state index in [1.54, 1.807) is 27.1 Å². The van der Waals surface area contributed by atoms with Crippen molar-refractivity contribution < 1.29 is 38.5 Å². The first-order valence-corrected chi connectivity index (χ1v) is 30.9. The molecule has 0 radical (unpaired) electrons. The van der Waals surface area contributed by atoms with Gasteiger partial charge in [0.1, 0.15) is 5.15 Å². The summed E-state index contributed by atoms with van der Waals surface area (Å²) in [6.07, 6.45) is 12.7. The molecule has 0 atom stereocenters. The molecule has 3 amide bonds. The lowest BCUT2D eigenvalue weighted by Crippen LogP contribution is -2.38. The van der Waals surface area contributed by atoms with Gasteiger partial charge in [-0.3, -0.25) is 10.2 Å². The molecule has 3 aromatic carbocycles. The van der Waals surface area contributed by atoms with Gasteiger partial charge in [0.05, 0.1) is 36.8 Å². The van der Waals surface area contributed by atoms with Crippen LogP contribution in [0.4, 0.5) is 14.4 Å². The Bertz CT molecular complexity index is 3510. The van der Waals surface area contributed by atoms with Crippen LogP contribution in [0, 0.1) is 0 Å². The molecule has 6 aliphatic rings. The number of ether oxygens (including phenoxy) is 3. The lowest BCUT2D eigenvalue weighted by atomic mass is 9.88. The van der Waals surface area contributed by atoms with Crippen LogP contribution >= 0.6 is 58.0 Å². The van der Waals surface area contributed by atoms with Gasteiger partial charge in [0.2, 0.25) is 6.20 Å². The van der Waals surface area contributed by atoms with Crippen molar-refractivity contribution >= 4 is 93.0 Å². The molecule has 3 aliphatic heterocycles. The van der Waals surface area contributed by atoms with Crippen molar-refractivity contribution in [3.05, 3.63) is 206 Å². The van der Waals surface area contributed by atoms with Gasteiger partial charge in [-0.25, -0.2) is 19.4 Å². The van der Waals surface area contributed by atoms with E-state index in [0.717, 1.165) is 148 Å². The van der Waals surface area contributed by atoms with Gasteiger partial charge in [-0.1, -0.05) is 99.0 Å². The second-order valence-electron chi connectivity index (χ2n) is 21.4. The average molecular weight is 1230 g/mol. The van der Waals surface area contributed by atoms with Crippen LogP contribution in [0.2, 0.25) is 25.2 Å². The molecule has 0 unspecified atom stereocenters. The Kier molecular flexibility index (Phi) is 19.9. The number of benzene rings is 3. The highest BCUT2D eigenvalue weighted by Gasteiger charge is 2.34. The molecule has 12 rings (SSSR count). The van der Waals surface area contributed by atoms with Crippen molar-refractivity contribution in [1.29, 1.82) is 0 Å². The summed E-state index contributed by atoms with van der Waals surface area (Å²) in [5.74, 6) is 0. The van der Waals surface area contributed by atoms with Gasteiger partial charge in [-0.05, 0) is 197 Å². The van der Waals surface area contributed by atoms with E-state index < -0.39 is 0 Å². The highest BCUT2D eigenvalue weighted by molar-refractivity contribution is 6.32. The first kappa shape index (κ1) is 60.5. The second kappa shape index (κ2) is 27.6. The number of amides is 3. The van der Waals surface area contributed by atoms with Crippen molar-refractivity contribution in [1.82, 2.24) is 24.7 Å². The minimum atomic E-state index is -0.253. The summed E-state index contributed by atoms with van der Waals surface area (Å²) in [5.41, 5.74) is 20.6. The molecule has 6 heterocycles. The molecule has 3 aromatic heterocycles. The summed E-state index contributed by atoms with van der Waals surface area (Å²) in [4.78, 5) is 50.9. The summed E-state index contributed by atoms with van der Waals surface area (Å²) in [7, 11) is 0. The van der Waals surface area contributed by atoms with E-state index in [9.17, 15) is 19.6 Å². The number of aryl methyl sites for hydroxylation is 5. The predicted molar refractivity (Wildman–Crippen MR) is 330 cm³/mol. The van der Waals surface area contributed by atoms with Crippen LogP contribution in [0.1, 0.15) is 126 Å². The molecule has 3 fully saturated rings. The molecule has 0 bridgehead atoms. The van der Waals surface area contributed by atoms with Crippen LogP contribution in [0.15, 0.2) is 114 Å². The van der Waals surface area contributed by atoms with E-state index in [-0.39, 0.29) is 18.3 Å². The predicted octanol–water partition coefficient (Wildman–Crippen LogP) is 15.1. The Balaban J connectivity index is 0.000000140. The fourth-order valence-corrected chi connectivity index (χ4v) is 13.4. The molecule has 3 aliphatic carbocycles. The third kappa shape index (κ3) is 13.6. The number of nitrogens with zero attached hydrogens (tertiary/aromatic N) is 6. The molecule has 0 saturated carbocycles. The summed E-state index contributed by atoms with van der Waals surface area (Å²) in [6.45, 7) is 10.5. The van der Waals surface area contributed by atoms with Crippen molar-refractivity contribution in [2.75, 3.05) is 59.1 Å². The highest BCUT2D eigenvalue weighted by Crippen LogP contribution is 2.43. The molecule has 13 nitrogen and oxygen atoms in total. The summed E-state index contributed by atoms with van der Waals surface area (Å²) < 4.78 is 16.7. The maximum atomic E-state index is 12.1. The van der Waals surface area contributed by atoms with E-state index in [4.69, 9.17) is 82.2 Å². The molecule has 1 N–H and O–H groups in total. The maximum absolute atomic E-state index is 12.1. The number of aromatic nitrogens is 3. The van der Waals surface area contributed by atoms with Gasteiger partial charge in [0.15, 0.2) is 0 Å². The number of hydrogen-bond donors (Lipinski definition) is 1. The van der Waals surface area contributed by atoms with E-state index in [1.807, 2.05) is 69.3 Å². The number of rotatable bonds is 3. The molecular weight excluding hydrogens is 1170 g/mol. The number of piperidine rings is 3. The molecule has 18 heteroatoms. The van der Waals surface area contributed by atoms with Crippen LogP contribution in [0.3, 0.4) is 0 Å². The summed E-state index contributed by atoms with van der Waals surface area (Å²) >= 11 is 31.6. The van der Waals surface area contributed by atoms with Crippen LogP contribution in [-0.4, -0.2) is 107 Å². The smallest absolute Gasteiger partial charge is 0.409 e. The fraction of sp³-hybridized carbons (Fsp3) is 0.364. The molecule has 438 valence electrons. The number of carbonyl (C=O) groups excluding carboxylic acids is 3. The first-order chi connectivity index (χ1) is 40.7. The van der Waals surface area contributed by atoms with E-state index >= 15 is 0 Å². The van der Waals surface area contributed by atoms with Crippen LogP contribution in [-0.2, 0) is 52.7 Å². The Morgan fingerprint density at radius 3 is 1.38 bits per heavy atom. The van der Waals surface area contributed by atoms with Gasteiger partial charge < -0.3 is 28.9 Å². The quantitative estimate of drug-likeness (QED) is 0.0794. The minimum absolute atomic E-state index is 0.235. The highest BCUT2D eigenvalue weighted by atomic mass is 35.5. The standard InChI is InChI=1S/2C22H22Cl2N2O2.C22H24ClN2O3/c1-2-28-22(27)26-11-8-14(9-12-26)20-17-6-4-16(23)13-15(17)3-5-18-19(24)7-10-25-21(18)20;1-2-28-22(27)26-11-9-14(10-12-26)20-18-7-6-17(23)13-16(18)4-3-15-5-8-19(24)25-21(15)20;1-2-28-22(26)24-12-9-15(10-13-24)20-19-8-7-18(23)14-17(19)6-5-16-4-3-11-25(27)21(16)20/h4,6-7,10,13H,2-3,5,8-9,11-12H2,1H3;5-8,13H,2-4,9-12H2,1H3;3-4,7-8,11,14,27H,2,5-6,9-10,12-13H2,1H3/q;;+1. The van der Waals surface area contributed by atoms with Crippen molar-refractivity contribution in [2.24, 2.45) is 0 Å². The number of fused-ring (bicyclic) bond motifs is 6. The van der Waals surface area contributed by atoms with E-state index in [2.05, 4.69) is 36.4 Å². The molecular formula is C66H68Cl5N6O7+. The van der Waals surface area contributed by atoms with Gasteiger partial charge in [0, 0.05) is 93.1 Å². The van der Waals surface area contributed by atoms with Gasteiger partial charge >= 0.3 is 18.3 Å². The third-order valence-electron chi connectivity index (χ3n) is 16.4. The number of pyridine rings is 3. The number of likely N-dealkylation sites (tertiary alicyclic amines) is 3. The first-order valence-electron chi connectivity index (χ1n) is 29.0. The molecule has 84 heavy (non-hydrogen) atoms. The Morgan fingerprint density at radius 2 is 0.905 bits per heavy atom. The third-order valence-corrected chi connectivity index (χ3v) is 17.7. The normalized spacial score (nSPS) is 16.3. The fourth-order valence-electron chi connectivity index (χ4n) is 12.4. The largest absolute Gasteiger partial charge is 0.450 e. The topological polar surface area (TPSA) is 139 Å².